The Bertz CT molecular complexity index is 673. The molecule has 0 atom stereocenters. The zero-order chi connectivity index (χ0) is 15.4. The van der Waals surface area contributed by atoms with Crippen LogP contribution in [0.1, 0.15) is 17.3 Å². The SMILES string of the molecule is CCOC(=O)c1ccc2c(c1)N/C(=C(\C#N)C(=O)OC)N2. The van der Waals surface area contributed by atoms with Gasteiger partial charge in [-0.25, -0.2) is 9.59 Å². The maximum atomic E-state index is 11.7. The number of nitriles is 1. The zero-order valence-electron chi connectivity index (χ0n) is 11.5. The molecule has 108 valence electrons. The second-order valence-electron chi connectivity index (χ2n) is 4.08. The third-order valence-electron chi connectivity index (χ3n) is 2.80. The van der Waals surface area contributed by atoms with Crippen molar-refractivity contribution in [3.63, 3.8) is 0 Å². The van der Waals surface area contributed by atoms with Crippen molar-refractivity contribution in [2.75, 3.05) is 24.4 Å². The first-order valence-corrected chi connectivity index (χ1v) is 6.18. The molecule has 0 spiro atoms. The Morgan fingerprint density at radius 1 is 1.29 bits per heavy atom. The lowest BCUT2D eigenvalue weighted by atomic mass is 10.2. The summed E-state index contributed by atoms with van der Waals surface area (Å²) in [6.45, 7) is 2.01. The van der Waals surface area contributed by atoms with Gasteiger partial charge in [-0.15, -0.1) is 0 Å². The van der Waals surface area contributed by atoms with Gasteiger partial charge in [-0.05, 0) is 25.1 Å². The molecule has 0 radical (unpaired) electrons. The highest BCUT2D eigenvalue weighted by Crippen LogP contribution is 2.32. The van der Waals surface area contributed by atoms with Gasteiger partial charge in [-0.1, -0.05) is 0 Å². The normalized spacial score (nSPS) is 14.1. The summed E-state index contributed by atoms with van der Waals surface area (Å²) in [7, 11) is 1.20. The van der Waals surface area contributed by atoms with Crippen LogP contribution in [-0.2, 0) is 14.3 Å². The second kappa shape index (κ2) is 5.96. The highest BCUT2D eigenvalue weighted by Gasteiger charge is 2.23. The smallest absolute Gasteiger partial charge is 0.352 e. The Balaban J connectivity index is 2.31. The molecule has 0 bridgehead atoms. The van der Waals surface area contributed by atoms with E-state index in [1.165, 1.54) is 7.11 Å². The van der Waals surface area contributed by atoms with Gasteiger partial charge in [0.2, 0.25) is 0 Å². The van der Waals surface area contributed by atoms with Crippen molar-refractivity contribution >= 4 is 23.3 Å². The van der Waals surface area contributed by atoms with Gasteiger partial charge in [-0.2, -0.15) is 5.26 Å². The molecule has 2 N–H and O–H groups in total. The van der Waals surface area contributed by atoms with Crippen molar-refractivity contribution in [1.29, 1.82) is 5.26 Å². The summed E-state index contributed by atoms with van der Waals surface area (Å²) in [6, 6.07) is 6.62. The van der Waals surface area contributed by atoms with Crippen molar-refractivity contribution in [3.05, 3.63) is 35.2 Å². The van der Waals surface area contributed by atoms with Crippen LogP contribution in [0.15, 0.2) is 29.6 Å². The Kier molecular flexibility index (Phi) is 4.09. The molecule has 21 heavy (non-hydrogen) atoms. The Hall–Kier alpha value is -3.01. The number of esters is 2. The van der Waals surface area contributed by atoms with E-state index in [2.05, 4.69) is 15.4 Å². The molecule has 1 aliphatic rings. The molecule has 1 heterocycles. The quantitative estimate of drug-likeness (QED) is 0.494. The fraction of sp³-hybridized carbons (Fsp3) is 0.214. The predicted molar refractivity (Wildman–Crippen MR) is 74.3 cm³/mol. The largest absolute Gasteiger partial charge is 0.465 e. The number of nitrogens with zero attached hydrogens (tertiary/aromatic N) is 1. The number of ether oxygens (including phenoxy) is 2. The average molecular weight is 287 g/mol. The molecule has 0 amide bonds. The highest BCUT2D eigenvalue weighted by atomic mass is 16.5. The predicted octanol–water partition coefficient (Wildman–Crippen LogP) is 1.61. The maximum absolute atomic E-state index is 11.7. The number of hydrogen-bond donors (Lipinski definition) is 2. The van der Waals surface area contributed by atoms with Gasteiger partial charge in [0, 0.05) is 0 Å². The van der Waals surface area contributed by atoms with Gasteiger partial charge < -0.3 is 20.1 Å². The zero-order valence-corrected chi connectivity index (χ0v) is 11.5. The van der Waals surface area contributed by atoms with E-state index in [4.69, 9.17) is 10.00 Å². The molecular formula is C14H13N3O4. The number of fused-ring (bicyclic) bond motifs is 1. The van der Waals surface area contributed by atoms with Crippen molar-refractivity contribution in [1.82, 2.24) is 0 Å². The topological polar surface area (TPSA) is 100 Å². The Labute approximate surface area is 121 Å². The molecule has 1 aromatic rings. The van der Waals surface area contributed by atoms with Gasteiger partial charge in [0.15, 0.2) is 5.57 Å². The summed E-state index contributed by atoms with van der Waals surface area (Å²) in [5, 5.41) is 14.8. The molecular weight excluding hydrogens is 274 g/mol. The van der Waals surface area contributed by atoms with E-state index in [9.17, 15) is 9.59 Å². The molecule has 0 unspecified atom stereocenters. The molecule has 0 fully saturated rings. The molecule has 0 saturated carbocycles. The fourth-order valence-corrected chi connectivity index (χ4v) is 1.83. The standard InChI is InChI=1S/C14H13N3O4/c1-3-21-13(18)8-4-5-10-11(6-8)17-12(16-10)9(7-15)14(19)20-2/h4-6,16-17H,3H2,1-2H3/b12-9+. The first-order chi connectivity index (χ1) is 10.1. The van der Waals surface area contributed by atoms with Crippen LogP contribution in [0.4, 0.5) is 11.4 Å². The van der Waals surface area contributed by atoms with E-state index in [-0.39, 0.29) is 18.0 Å². The summed E-state index contributed by atoms with van der Waals surface area (Å²) < 4.78 is 9.45. The number of carbonyl (C=O) groups is 2. The molecule has 1 aromatic carbocycles. The first kappa shape index (κ1) is 14.4. The van der Waals surface area contributed by atoms with Gasteiger partial charge in [0.05, 0.1) is 30.7 Å². The maximum Gasteiger partial charge on any atom is 0.352 e. The molecule has 0 aromatic heterocycles. The number of nitrogens with one attached hydrogen (secondary N) is 2. The summed E-state index contributed by atoms with van der Waals surface area (Å²) >= 11 is 0. The van der Waals surface area contributed by atoms with Crippen molar-refractivity contribution in [3.8, 4) is 6.07 Å². The second-order valence-corrected chi connectivity index (χ2v) is 4.08. The minimum absolute atomic E-state index is 0.175. The lowest BCUT2D eigenvalue weighted by molar-refractivity contribution is -0.135. The van der Waals surface area contributed by atoms with Crippen LogP contribution < -0.4 is 10.6 Å². The summed E-state index contributed by atoms with van der Waals surface area (Å²) in [5.41, 5.74) is 1.43. The van der Waals surface area contributed by atoms with Gasteiger partial charge in [-0.3, -0.25) is 0 Å². The molecule has 1 aliphatic heterocycles. The molecule has 0 aliphatic carbocycles. The lowest BCUT2D eigenvalue weighted by Crippen LogP contribution is -2.12. The van der Waals surface area contributed by atoms with Crippen LogP contribution in [0.25, 0.3) is 0 Å². The Morgan fingerprint density at radius 2 is 2.00 bits per heavy atom. The summed E-state index contributed by atoms with van der Waals surface area (Å²) in [6.07, 6.45) is 0. The minimum Gasteiger partial charge on any atom is -0.465 e. The Morgan fingerprint density at radius 3 is 2.62 bits per heavy atom. The summed E-state index contributed by atoms with van der Waals surface area (Å²) in [5.74, 6) is -0.959. The van der Waals surface area contributed by atoms with Crippen molar-refractivity contribution in [2.45, 2.75) is 6.92 Å². The van der Waals surface area contributed by atoms with Gasteiger partial charge in [0.1, 0.15) is 11.9 Å². The van der Waals surface area contributed by atoms with Gasteiger partial charge in [0.25, 0.3) is 0 Å². The number of hydrogen-bond acceptors (Lipinski definition) is 7. The third-order valence-corrected chi connectivity index (χ3v) is 2.80. The van der Waals surface area contributed by atoms with Crippen molar-refractivity contribution in [2.24, 2.45) is 0 Å². The van der Waals surface area contributed by atoms with Gasteiger partial charge >= 0.3 is 11.9 Å². The third kappa shape index (κ3) is 2.79. The van der Waals surface area contributed by atoms with E-state index < -0.39 is 11.9 Å². The van der Waals surface area contributed by atoms with E-state index >= 15 is 0 Å². The molecule has 7 heteroatoms. The number of rotatable bonds is 3. The van der Waals surface area contributed by atoms with Crippen LogP contribution in [0, 0.1) is 11.3 Å². The minimum atomic E-state index is -0.745. The molecule has 2 rings (SSSR count). The van der Waals surface area contributed by atoms with E-state index in [1.54, 1.807) is 31.2 Å². The van der Waals surface area contributed by atoms with Crippen LogP contribution in [-0.4, -0.2) is 25.7 Å². The van der Waals surface area contributed by atoms with Crippen LogP contribution >= 0.6 is 0 Å². The van der Waals surface area contributed by atoms with Crippen molar-refractivity contribution < 1.29 is 19.1 Å². The number of anilines is 2. The van der Waals surface area contributed by atoms with E-state index in [1.807, 2.05) is 0 Å². The number of carbonyl (C=O) groups excluding carboxylic acids is 2. The molecule has 7 nitrogen and oxygen atoms in total. The summed E-state index contributed by atoms with van der Waals surface area (Å²) in [4.78, 5) is 23.1. The average Bonchev–Trinajstić information content (AvgIpc) is 2.90. The number of benzene rings is 1. The van der Waals surface area contributed by atoms with Crippen LogP contribution in [0.2, 0.25) is 0 Å². The monoisotopic (exact) mass is 287 g/mol. The van der Waals surface area contributed by atoms with Crippen LogP contribution in [0.3, 0.4) is 0 Å². The van der Waals surface area contributed by atoms with Crippen LogP contribution in [0.5, 0.6) is 0 Å². The van der Waals surface area contributed by atoms with E-state index in [0.717, 1.165) is 0 Å². The highest BCUT2D eigenvalue weighted by molar-refractivity contribution is 5.98. The molecule has 0 saturated heterocycles. The first-order valence-electron chi connectivity index (χ1n) is 6.18. The number of methoxy groups -OCH3 is 1. The lowest BCUT2D eigenvalue weighted by Gasteiger charge is -2.03. The fourth-order valence-electron chi connectivity index (χ4n) is 1.83. The van der Waals surface area contributed by atoms with E-state index in [0.29, 0.717) is 16.9 Å².